The maximum Gasteiger partial charge on any atom is 0.251 e. The van der Waals surface area contributed by atoms with Crippen LogP contribution in [0.15, 0.2) is 42.5 Å². The van der Waals surface area contributed by atoms with Gasteiger partial charge in [-0.1, -0.05) is 39.0 Å². The van der Waals surface area contributed by atoms with Crippen LogP contribution in [-0.2, 0) is 10.2 Å². The fraction of sp³-hybridized carbons (Fsp3) is 0.333. The van der Waals surface area contributed by atoms with Crippen molar-refractivity contribution in [1.29, 1.82) is 0 Å². The number of carbonyl (C=O) groups excluding carboxylic acids is 2. The van der Waals surface area contributed by atoms with Gasteiger partial charge in [0.2, 0.25) is 5.91 Å². The highest BCUT2D eigenvalue weighted by atomic mass is 19.2. The second-order valence-corrected chi connectivity index (χ2v) is 7.32. The minimum Gasteiger partial charge on any atom is -0.350 e. The van der Waals surface area contributed by atoms with Crippen LogP contribution < -0.4 is 10.2 Å². The Labute approximate surface area is 158 Å². The number of amides is 2. The van der Waals surface area contributed by atoms with Crippen molar-refractivity contribution in [3.63, 3.8) is 0 Å². The second-order valence-electron chi connectivity index (χ2n) is 7.32. The van der Waals surface area contributed by atoms with Crippen LogP contribution in [0.3, 0.4) is 0 Å². The van der Waals surface area contributed by atoms with Crippen LogP contribution >= 0.6 is 0 Å². The van der Waals surface area contributed by atoms with Gasteiger partial charge >= 0.3 is 0 Å². The summed E-state index contributed by atoms with van der Waals surface area (Å²) in [4.78, 5) is 25.9. The van der Waals surface area contributed by atoms with Gasteiger partial charge in [-0.05, 0) is 35.2 Å². The number of para-hydroxylation sites is 1. The van der Waals surface area contributed by atoms with Crippen LogP contribution in [0.1, 0.15) is 43.6 Å². The molecule has 2 rings (SSSR count). The van der Waals surface area contributed by atoms with Crippen molar-refractivity contribution in [3.8, 4) is 0 Å². The van der Waals surface area contributed by atoms with E-state index in [2.05, 4.69) is 26.1 Å². The van der Waals surface area contributed by atoms with E-state index in [0.717, 1.165) is 23.4 Å². The Balaban J connectivity index is 2.11. The molecule has 2 aromatic rings. The van der Waals surface area contributed by atoms with Gasteiger partial charge in [0, 0.05) is 31.3 Å². The SMILES string of the molecule is CC(=O)N(CCNC(=O)c1ccc(F)c(F)c1)c1ccccc1C(C)(C)C. The number of anilines is 1. The van der Waals surface area contributed by atoms with Gasteiger partial charge < -0.3 is 10.2 Å². The van der Waals surface area contributed by atoms with E-state index >= 15 is 0 Å². The zero-order valence-corrected chi connectivity index (χ0v) is 16.0. The fourth-order valence-electron chi connectivity index (χ4n) is 2.81. The van der Waals surface area contributed by atoms with Crippen LogP contribution in [0.5, 0.6) is 0 Å². The van der Waals surface area contributed by atoms with Crippen LogP contribution in [0.2, 0.25) is 0 Å². The lowest BCUT2D eigenvalue weighted by molar-refractivity contribution is -0.116. The molecule has 0 fully saturated rings. The highest BCUT2D eigenvalue weighted by Crippen LogP contribution is 2.31. The van der Waals surface area contributed by atoms with E-state index in [-0.39, 0.29) is 30.0 Å². The summed E-state index contributed by atoms with van der Waals surface area (Å²) in [6, 6.07) is 10.6. The molecule has 144 valence electrons. The molecule has 27 heavy (non-hydrogen) atoms. The number of rotatable bonds is 5. The van der Waals surface area contributed by atoms with Gasteiger partial charge in [0.05, 0.1) is 0 Å². The zero-order chi connectivity index (χ0) is 20.2. The van der Waals surface area contributed by atoms with E-state index in [1.54, 1.807) is 4.90 Å². The lowest BCUT2D eigenvalue weighted by Crippen LogP contribution is -2.38. The smallest absolute Gasteiger partial charge is 0.251 e. The van der Waals surface area contributed by atoms with Crippen LogP contribution in [0.25, 0.3) is 0 Å². The lowest BCUT2D eigenvalue weighted by atomic mass is 9.85. The minimum atomic E-state index is -1.08. The molecule has 0 atom stereocenters. The summed E-state index contributed by atoms with van der Waals surface area (Å²) in [7, 11) is 0. The number of nitrogens with zero attached hydrogens (tertiary/aromatic N) is 1. The molecule has 1 N–H and O–H groups in total. The van der Waals surface area contributed by atoms with E-state index in [9.17, 15) is 18.4 Å². The molecule has 0 unspecified atom stereocenters. The quantitative estimate of drug-likeness (QED) is 0.859. The van der Waals surface area contributed by atoms with Gasteiger partial charge in [0.15, 0.2) is 11.6 Å². The lowest BCUT2D eigenvalue weighted by Gasteiger charge is -2.29. The van der Waals surface area contributed by atoms with Crippen molar-refractivity contribution in [2.45, 2.75) is 33.1 Å². The van der Waals surface area contributed by atoms with Gasteiger partial charge in [-0.3, -0.25) is 9.59 Å². The molecule has 0 aliphatic carbocycles. The molecular formula is C21H24F2N2O2. The Morgan fingerprint density at radius 2 is 1.70 bits per heavy atom. The third-order valence-corrected chi connectivity index (χ3v) is 4.19. The van der Waals surface area contributed by atoms with E-state index in [1.807, 2.05) is 24.3 Å². The van der Waals surface area contributed by atoms with Crippen LogP contribution in [-0.4, -0.2) is 24.9 Å². The van der Waals surface area contributed by atoms with Crippen molar-refractivity contribution in [3.05, 3.63) is 65.2 Å². The van der Waals surface area contributed by atoms with E-state index < -0.39 is 17.5 Å². The molecule has 2 amide bonds. The van der Waals surface area contributed by atoms with Gasteiger partial charge in [-0.25, -0.2) is 8.78 Å². The van der Waals surface area contributed by atoms with E-state index in [0.29, 0.717) is 0 Å². The summed E-state index contributed by atoms with van der Waals surface area (Å²) in [6.45, 7) is 8.10. The molecule has 0 spiro atoms. The second kappa shape index (κ2) is 8.29. The Kier molecular flexibility index (Phi) is 6.31. The number of carbonyl (C=O) groups is 2. The molecule has 0 aromatic heterocycles. The molecule has 0 saturated heterocycles. The van der Waals surface area contributed by atoms with Gasteiger partial charge in [-0.15, -0.1) is 0 Å². The molecule has 0 radical (unpaired) electrons. The number of hydrogen-bond donors (Lipinski definition) is 1. The van der Waals surface area contributed by atoms with Crippen molar-refractivity contribution < 1.29 is 18.4 Å². The molecular weight excluding hydrogens is 350 g/mol. The zero-order valence-electron chi connectivity index (χ0n) is 16.0. The number of halogens is 2. The minimum absolute atomic E-state index is 0.0263. The third-order valence-electron chi connectivity index (χ3n) is 4.19. The normalized spacial score (nSPS) is 11.2. The average molecular weight is 374 g/mol. The van der Waals surface area contributed by atoms with Crippen molar-refractivity contribution in [1.82, 2.24) is 5.32 Å². The molecule has 0 bridgehead atoms. The Morgan fingerprint density at radius 1 is 1.04 bits per heavy atom. The molecule has 0 saturated carbocycles. The number of hydrogen-bond acceptors (Lipinski definition) is 2. The topological polar surface area (TPSA) is 49.4 Å². The molecule has 0 heterocycles. The van der Waals surface area contributed by atoms with Gasteiger partial charge in [0.1, 0.15) is 0 Å². The Bertz CT molecular complexity index is 844. The highest BCUT2D eigenvalue weighted by Gasteiger charge is 2.22. The van der Waals surface area contributed by atoms with Crippen molar-refractivity contribution in [2.75, 3.05) is 18.0 Å². The number of benzene rings is 2. The summed E-state index contributed by atoms with van der Waals surface area (Å²) in [6.07, 6.45) is 0. The van der Waals surface area contributed by atoms with E-state index in [4.69, 9.17) is 0 Å². The predicted molar refractivity (Wildman–Crippen MR) is 102 cm³/mol. The fourth-order valence-corrected chi connectivity index (χ4v) is 2.81. The molecule has 6 heteroatoms. The van der Waals surface area contributed by atoms with Gasteiger partial charge in [0.25, 0.3) is 5.91 Å². The predicted octanol–water partition coefficient (Wildman–Crippen LogP) is 4.05. The molecule has 0 aliphatic rings. The largest absolute Gasteiger partial charge is 0.350 e. The first-order valence-corrected chi connectivity index (χ1v) is 8.72. The maximum atomic E-state index is 13.3. The first-order chi connectivity index (χ1) is 12.6. The highest BCUT2D eigenvalue weighted by molar-refractivity contribution is 5.95. The summed E-state index contributed by atoms with van der Waals surface area (Å²) < 4.78 is 26.2. The Hall–Kier alpha value is -2.76. The summed E-state index contributed by atoms with van der Waals surface area (Å²) in [5.41, 5.74) is 1.68. The van der Waals surface area contributed by atoms with Crippen LogP contribution in [0, 0.1) is 11.6 Å². The summed E-state index contributed by atoms with van der Waals surface area (Å²) in [5.74, 6) is -2.75. The van der Waals surface area contributed by atoms with Crippen molar-refractivity contribution in [2.24, 2.45) is 0 Å². The van der Waals surface area contributed by atoms with Crippen LogP contribution in [0.4, 0.5) is 14.5 Å². The molecule has 0 aliphatic heterocycles. The monoisotopic (exact) mass is 374 g/mol. The van der Waals surface area contributed by atoms with Crippen molar-refractivity contribution >= 4 is 17.5 Å². The average Bonchev–Trinajstić information content (AvgIpc) is 2.60. The summed E-state index contributed by atoms with van der Waals surface area (Å²) >= 11 is 0. The third kappa shape index (κ3) is 5.12. The van der Waals surface area contributed by atoms with E-state index in [1.165, 1.54) is 13.0 Å². The molecule has 4 nitrogen and oxygen atoms in total. The van der Waals surface area contributed by atoms with Gasteiger partial charge in [-0.2, -0.15) is 0 Å². The standard InChI is InChI=1S/C21H24F2N2O2/c1-14(26)25(19-8-6-5-7-16(19)21(2,3)4)12-11-24-20(27)15-9-10-17(22)18(23)13-15/h5-10,13H,11-12H2,1-4H3,(H,24,27). The maximum absolute atomic E-state index is 13.3. The summed E-state index contributed by atoms with van der Waals surface area (Å²) in [5, 5.41) is 2.64. The molecule has 2 aromatic carbocycles. The first kappa shape index (κ1) is 20.6. The first-order valence-electron chi connectivity index (χ1n) is 8.72. The Morgan fingerprint density at radius 3 is 2.30 bits per heavy atom. The number of nitrogens with one attached hydrogen (secondary N) is 1.